The lowest BCUT2D eigenvalue weighted by atomic mass is 10.2. The topological polar surface area (TPSA) is 54.5 Å². The van der Waals surface area contributed by atoms with Crippen molar-refractivity contribution in [1.82, 2.24) is 9.88 Å². The van der Waals surface area contributed by atoms with Crippen LogP contribution in [0.25, 0.3) is 0 Å². The van der Waals surface area contributed by atoms with Gasteiger partial charge >= 0.3 is 12.6 Å². The van der Waals surface area contributed by atoms with Crippen LogP contribution in [0.15, 0.2) is 48.8 Å². The minimum atomic E-state index is -2.87. The number of anilines is 1. The molecule has 2 aromatic rings. The lowest BCUT2D eigenvalue weighted by molar-refractivity contribution is -0.0498. The molecule has 0 radical (unpaired) electrons. The average Bonchev–Trinajstić information content (AvgIpc) is 3.40. The first kappa shape index (κ1) is 16.2. The van der Waals surface area contributed by atoms with Crippen molar-refractivity contribution in [2.75, 3.05) is 5.32 Å². The van der Waals surface area contributed by atoms with E-state index in [1.165, 1.54) is 24.3 Å². The number of benzene rings is 1. The molecule has 0 aliphatic heterocycles. The van der Waals surface area contributed by atoms with Crippen LogP contribution in [0.5, 0.6) is 5.75 Å². The number of nitrogens with one attached hydrogen (secondary N) is 1. The van der Waals surface area contributed by atoms with Gasteiger partial charge in [0, 0.05) is 30.7 Å². The van der Waals surface area contributed by atoms with E-state index in [0.717, 1.165) is 18.4 Å². The molecule has 7 heteroatoms. The number of alkyl halides is 2. The summed E-state index contributed by atoms with van der Waals surface area (Å²) in [6.07, 6.45) is 5.39. The predicted octanol–water partition coefficient (Wildman–Crippen LogP) is 3.88. The van der Waals surface area contributed by atoms with Gasteiger partial charge in [0.25, 0.3) is 0 Å². The van der Waals surface area contributed by atoms with Crippen molar-refractivity contribution < 1.29 is 18.3 Å². The van der Waals surface area contributed by atoms with Gasteiger partial charge in [-0.25, -0.2) is 4.79 Å². The Bertz CT molecular complexity index is 676. The van der Waals surface area contributed by atoms with Gasteiger partial charge in [-0.15, -0.1) is 0 Å². The Balaban J connectivity index is 1.63. The summed E-state index contributed by atoms with van der Waals surface area (Å²) in [7, 11) is 0. The standard InChI is InChI=1S/C17H17F2N3O2/c18-16(19)24-15-7-3-13(4-8-15)21-17(23)22(14-5-6-14)11-12-2-1-9-20-10-12/h1-4,7-10,14,16H,5-6,11H2,(H,21,23). The van der Waals surface area contributed by atoms with Crippen LogP contribution in [-0.2, 0) is 6.54 Å². The molecule has 1 N–H and O–H groups in total. The Morgan fingerprint density at radius 2 is 2.04 bits per heavy atom. The van der Waals surface area contributed by atoms with Crippen molar-refractivity contribution in [2.24, 2.45) is 0 Å². The number of ether oxygens (including phenoxy) is 1. The number of rotatable bonds is 6. The monoisotopic (exact) mass is 333 g/mol. The molecule has 0 unspecified atom stereocenters. The Hall–Kier alpha value is -2.70. The molecule has 1 fully saturated rings. The number of aromatic nitrogens is 1. The third-order valence-corrected chi connectivity index (χ3v) is 3.65. The highest BCUT2D eigenvalue weighted by Crippen LogP contribution is 2.29. The number of carbonyl (C=O) groups excluding carboxylic acids is 1. The number of nitrogens with zero attached hydrogens (tertiary/aromatic N) is 2. The van der Waals surface area contributed by atoms with E-state index >= 15 is 0 Å². The molecular weight excluding hydrogens is 316 g/mol. The number of urea groups is 1. The first-order chi connectivity index (χ1) is 11.6. The van der Waals surface area contributed by atoms with Gasteiger partial charge in [0.05, 0.1) is 0 Å². The fraction of sp³-hybridized carbons (Fsp3) is 0.294. The molecule has 3 rings (SSSR count). The van der Waals surface area contributed by atoms with Gasteiger partial charge in [-0.2, -0.15) is 8.78 Å². The van der Waals surface area contributed by atoms with Crippen LogP contribution in [0.2, 0.25) is 0 Å². The van der Waals surface area contributed by atoms with Crippen molar-refractivity contribution in [3.05, 3.63) is 54.4 Å². The van der Waals surface area contributed by atoms with E-state index in [4.69, 9.17) is 0 Å². The molecule has 0 spiro atoms. The maximum absolute atomic E-state index is 12.5. The van der Waals surface area contributed by atoms with Crippen LogP contribution in [-0.4, -0.2) is 28.6 Å². The highest BCUT2D eigenvalue weighted by atomic mass is 19.3. The first-order valence-corrected chi connectivity index (χ1v) is 7.63. The molecule has 24 heavy (non-hydrogen) atoms. The van der Waals surface area contributed by atoms with Gasteiger partial charge in [0.2, 0.25) is 0 Å². The number of halogens is 2. The highest BCUT2D eigenvalue weighted by molar-refractivity contribution is 5.89. The van der Waals surface area contributed by atoms with Crippen molar-refractivity contribution in [3.63, 3.8) is 0 Å². The van der Waals surface area contributed by atoms with Crippen molar-refractivity contribution in [3.8, 4) is 5.75 Å². The average molecular weight is 333 g/mol. The summed E-state index contributed by atoms with van der Waals surface area (Å²) in [6.45, 7) is -2.38. The van der Waals surface area contributed by atoms with Crippen LogP contribution in [0, 0.1) is 0 Å². The molecule has 1 saturated carbocycles. The second-order valence-corrected chi connectivity index (χ2v) is 5.55. The number of hydrogen-bond acceptors (Lipinski definition) is 3. The quantitative estimate of drug-likeness (QED) is 0.873. The van der Waals surface area contributed by atoms with Crippen LogP contribution < -0.4 is 10.1 Å². The molecule has 2 amide bonds. The Labute approximate surface area is 138 Å². The molecular formula is C17H17F2N3O2. The van der Waals surface area contributed by atoms with Crippen LogP contribution >= 0.6 is 0 Å². The number of pyridine rings is 1. The lowest BCUT2D eigenvalue weighted by Gasteiger charge is -2.23. The van der Waals surface area contributed by atoms with Gasteiger partial charge in [-0.05, 0) is 48.7 Å². The zero-order valence-corrected chi connectivity index (χ0v) is 12.9. The minimum Gasteiger partial charge on any atom is -0.435 e. The number of amides is 2. The van der Waals surface area contributed by atoms with Crippen LogP contribution in [0.4, 0.5) is 19.3 Å². The van der Waals surface area contributed by atoms with E-state index in [9.17, 15) is 13.6 Å². The molecule has 126 valence electrons. The molecule has 1 aromatic heterocycles. The van der Waals surface area contributed by atoms with E-state index in [0.29, 0.717) is 12.2 Å². The Morgan fingerprint density at radius 3 is 2.62 bits per heavy atom. The maximum Gasteiger partial charge on any atom is 0.387 e. The van der Waals surface area contributed by atoms with Crippen molar-refractivity contribution in [2.45, 2.75) is 32.0 Å². The molecule has 5 nitrogen and oxygen atoms in total. The second kappa shape index (κ2) is 7.25. The fourth-order valence-corrected chi connectivity index (χ4v) is 2.36. The summed E-state index contributed by atoms with van der Waals surface area (Å²) in [5, 5.41) is 2.79. The van der Waals surface area contributed by atoms with Crippen LogP contribution in [0.3, 0.4) is 0 Å². The number of hydrogen-bond donors (Lipinski definition) is 1. The van der Waals surface area contributed by atoms with Gasteiger partial charge in [-0.3, -0.25) is 4.98 Å². The van der Waals surface area contributed by atoms with E-state index in [1.54, 1.807) is 17.3 Å². The summed E-state index contributed by atoms with van der Waals surface area (Å²) in [5.41, 5.74) is 1.48. The Morgan fingerprint density at radius 1 is 1.29 bits per heavy atom. The number of carbonyl (C=O) groups is 1. The van der Waals surface area contributed by atoms with Gasteiger partial charge < -0.3 is 15.0 Å². The van der Waals surface area contributed by atoms with Crippen molar-refractivity contribution >= 4 is 11.7 Å². The summed E-state index contributed by atoms with van der Waals surface area (Å²) < 4.78 is 28.6. The van der Waals surface area contributed by atoms with Gasteiger partial charge in [0.15, 0.2) is 0 Å². The van der Waals surface area contributed by atoms with Gasteiger partial charge in [-0.1, -0.05) is 6.07 Å². The molecule has 0 atom stereocenters. The molecule has 1 aliphatic carbocycles. The predicted molar refractivity (Wildman–Crippen MR) is 84.9 cm³/mol. The minimum absolute atomic E-state index is 0.0532. The highest BCUT2D eigenvalue weighted by Gasteiger charge is 2.32. The zero-order chi connectivity index (χ0) is 16.9. The van der Waals surface area contributed by atoms with E-state index in [-0.39, 0.29) is 17.8 Å². The van der Waals surface area contributed by atoms with E-state index in [2.05, 4.69) is 15.0 Å². The fourth-order valence-electron chi connectivity index (χ4n) is 2.36. The molecule has 1 aliphatic rings. The SMILES string of the molecule is O=C(Nc1ccc(OC(F)F)cc1)N(Cc1cccnc1)C1CC1. The van der Waals surface area contributed by atoms with E-state index in [1.807, 2.05) is 12.1 Å². The third kappa shape index (κ3) is 4.41. The van der Waals surface area contributed by atoms with Crippen LogP contribution in [0.1, 0.15) is 18.4 Å². The summed E-state index contributed by atoms with van der Waals surface area (Å²) in [4.78, 5) is 18.3. The summed E-state index contributed by atoms with van der Waals surface area (Å²) in [5.74, 6) is 0.0532. The first-order valence-electron chi connectivity index (χ1n) is 7.63. The lowest BCUT2D eigenvalue weighted by Crippen LogP contribution is -2.36. The molecule has 0 saturated heterocycles. The summed E-state index contributed by atoms with van der Waals surface area (Å²) in [6, 6.07) is 9.62. The van der Waals surface area contributed by atoms with Crippen molar-refractivity contribution in [1.29, 1.82) is 0 Å². The van der Waals surface area contributed by atoms with Gasteiger partial charge in [0.1, 0.15) is 5.75 Å². The summed E-state index contributed by atoms with van der Waals surface area (Å²) >= 11 is 0. The third-order valence-electron chi connectivity index (χ3n) is 3.65. The molecule has 1 heterocycles. The second-order valence-electron chi connectivity index (χ2n) is 5.55. The molecule has 0 bridgehead atoms. The maximum atomic E-state index is 12.5. The smallest absolute Gasteiger partial charge is 0.387 e. The Kier molecular flexibility index (Phi) is 4.88. The molecule has 1 aromatic carbocycles. The van der Waals surface area contributed by atoms with E-state index < -0.39 is 6.61 Å². The largest absolute Gasteiger partial charge is 0.435 e. The normalized spacial score (nSPS) is 13.6. The zero-order valence-electron chi connectivity index (χ0n) is 12.9.